The number of rotatable bonds is 7. The second kappa shape index (κ2) is 6.47. The third-order valence-corrected chi connectivity index (χ3v) is 3.89. The normalized spacial score (nSPS) is 14.4. The number of furan rings is 1. The zero-order valence-electron chi connectivity index (χ0n) is 12.1. The topological polar surface area (TPSA) is 74.1 Å². The highest BCUT2D eigenvalue weighted by molar-refractivity contribution is 7.98. The molecule has 0 saturated carbocycles. The van der Waals surface area contributed by atoms with Gasteiger partial charge in [0.1, 0.15) is 11.5 Å². The van der Waals surface area contributed by atoms with Crippen molar-refractivity contribution in [2.75, 3.05) is 18.6 Å². The maximum atomic E-state index is 10.1. The van der Waals surface area contributed by atoms with Gasteiger partial charge in [0.25, 0.3) is 0 Å². The molecule has 0 radical (unpaired) electrons. The summed E-state index contributed by atoms with van der Waals surface area (Å²) >= 11 is 1.64. The predicted molar refractivity (Wildman–Crippen MR) is 81.7 cm³/mol. The van der Waals surface area contributed by atoms with Gasteiger partial charge in [-0.05, 0) is 32.2 Å². The molecule has 2 aromatic heterocycles. The van der Waals surface area contributed by atoms with Crippen LogP contribution in [-0.4, -0.2) is 39.5 Å². The van der Waals surface area contributed by atoms with Crippen LogP contribution >= 0.6 is 11.8 Å². The van der Waals surface area contributed by atoms with Crippen LogP contribution in [-0.2, 0) is 6.54 Å². The number of nitrogens with one attached hydrogen (secondary N) is 2. The Morgan fingerprint density at radius 3 is 2.95 bits per heavy atom. The first-order valence-corrected chi connectivity index (χ1v) is 7.92. The van der Waals surface area contributed by atoms with Gasteiger partial charge in [-0.3, -0.25) is 5.10 Å². The van der Waals surface area contributed by atoms with E-state index in [9.17, 15) is 5.11 Å². The number of hydrogen-bond acceptors (Lipinski definition) is 5. The molecule has 0 aliphatic rings. The van der Waals surface area contributed by atoms with Gasteiger partial charge in [-0.2, -0.15) is 16.9 Å². The molecule has 6 heteroatoms. The molecule has 2 rings (SSSR count). The first kappa shape index (κ1) is 15.2. The number of H-pyrrole nitrogens is 1. The van der Waals surface area contributed by atoms with Crippen LogP contribution in [0.5, 0.6) is 0 Å². The van der Waals surface area contributed by atoms with Crippen LogP contribution in [0.4, 0.5) is 0 Å². The van der Waals surface area contributed by atoms with E-state index in [2.05, 4.69) is 15.5 Å². The molecule has 5 nitrogen and oxygen atoms in total. The molecular formula is C14H21N3O2S. The van der Waals surface area contributed by atoms with Crippen LogP contribution in [0.15, 0.2) is 22.7 Å². The van der Waals surface area contributed by atoms with E-state index in [0.717, 1.165) is 22.8 Å². The Kier molecular flexibility index (Phi) is 4.91. The van der Waals surface area contributed by atoms with Gasteiger partial charge >= 0.3 is 0 Å². The number of hydrogen-bond donors (Lipinski definition) is 3. The number of aromatic nitrogens is 2. The fraction of sp³-hybridized carbons (Fsp3) is 0.500. The van der Waals surface area contributed by atoms with Crippen LogP contribution < -0.4 is 5.32 Å². The highest BCUT2D eigenvalue weighted by Crippen LogP contribution is 2.23. The fourth-order valence-corrected chi connectivity index (χ4v) is 2.78. The lowest BCUT2D eigenvalue weighted by Gasteiger charge is -2.22. The average molecular weight is 295 g/mol. The number of nitrogens with zero attached hydrogens (tertiary/aromatic N) is 1. The predicted octanol–water partition coefficient (Wildman–Crippen LogP) is 2.18. The van der Waals surface area contributed by atoms with E-state index in [1.807, 2.05) is 32.2 Å². The lowest BCUT2D eigenvalue weighted by Crippen LogP contribution is -2.39. The molecule has 20 heavy (non-hydrogen) atoms. The van der Waals surface area contributed by atoms with Crippen molar-refractivity contribution in [1.29, 1.82) is 0 Å². The van der Waals surface area contributed by atoms with Gasteiger partial charge in [0.15, 0.2) is 5.76 Å². The van der Waals surface area contributed by atoms with E-state index in [0.29, 0.717) is 18.8 Å². The second-order valence-electron chi connectivity index (χ2n) is 5.21. The third-order valence-electron chi connectivity index (χ3n) is 2.98. The smallest absolute Gasteiger partial charge is 0.152 e. The summed E-state index contributed by atoms with van der Waals surface area (Å²) in [6.45, 7) is 4.92. The van der Waals surface area contributed by atoms with E-state index in [1.165, 1.54) is 0 Å². The van der Waals surface area contributed by atoms with E-state index >= 15 is 0 Å². The van der Waals surface area contributed by atoms with Crippen molar-refractivity contribution in [3.05, 3.63) is 29.7 Å². The minimum absolute atomic E-state index is 0.537. The summed E-state index contributed by atoms with van der Waals surface area (Å²) in [6.07, 6.45) is 3.77. The van der Waals surface area contributed by atoms with Crippen LogP contribution in [0.25, 0.3) is 11.5 Å². The summed E-state index contributed by atoms with van der Waals surface area (Å²) in [4.78, 5) is 0. The standard InChI is InChI=1S/C14H21N3O2S/c1-10-4-5-12(19-10)13-11(7-16-17-13)6-15-8-14(2,18)9-20-3/h4-5,7,15,18H,6,8-9H2,1-3H3,(H,16,17). The molecule has 3 N–H and O–H groups in total. The summed E-state index contributed by atoms with van der Waals surface area (Å²) in [5, 5.41) is 20.4. The Bertz CT molecular complexity index is 548. The largest absolute Gasteiger partial charge is 0.460 e. The lowest BCUT2D eigenvalue weighted by atomic mass is 10.1. The van der Waals surface area contributed by atoms with Crippen molar-refractivity contribution in [3.8, 4) is 11.5 Å². The molecule has 1 atom stereocenters. The van der Waals surface area contributed by atoms with E-state index in [1.54, 1.807) is 18.0 Å². The summed E-state index contributed by atoms with van der Waals surface area (Å²) < 4.78 is 5.60. The van der Waals surface area contributed by atoms with Gasteiger partial charge in [0.2, 0.25) is 0 Å². The average Bonchev–Trinajstić information content (AvgIpc) is 2.97. The van der Waals surface area contributed by atoms with E-state index in [4.69, 9.17) is 4.42 Å². The molecule has 0 amide bonds. The van der Waals surface area contributed by atoms with Gasteiger partial charge in [0.05, 0.1) is 11.8 Å². The molecule has 110 valence electrons. The maximum absolute atomic E-state index is 10.1. The van der Waals surface area contributed by atoms with Crippen LogP contribution in [0.3, 0.4) is 0 Å². The molecule has 0 saturated heterocycles. The van der Waals surface area contributed by atoms with Crippen molar-refractivity contribution >= 4 is 11.8 Å². The lowest BCUT2D eigenvalue weighted by molar-refractivity contribution is 0.0846. The zero-order valence-corrected chi connectivity index (χ0v) is 12.9. The maximum Gasteiger partial charge on any atom is 0.152 e. The molecule has 0 aliphatic heterocycles. The Labute approximate surface area is 123 Å². The van der Waals surface area contributed by atoms with Gasteiger partial charge in [-0.1, -0.05) is 0 Å². The first-order chi connectivity index (χ1) is 9.52. The minimum Gasteiger partial charge on any atom is -0.460 e. The number of aliphatic hydroxyl groups is 1. The fourth-order valence-electron chi connectivity index (χ4n) is 2.06. The van der Waals surface area contributed by atoms with E-state index in [-0.39, 0.29) is 0 Å². The van der Waals surface area contributed by atoms with Crippen LogP contribution in [0.2, 0.25) is 0 Å². The second-order valence-corrected chi connectivity index (χ2v) is 6.08. The van der Waals surface area contributed by atoms with Crippen molar-refractivity contribution in [1.82, 2.24) is 15.5 Å². The van der Waals surface area contributed by atoms with Gasteiger partial charge in [-0.25, -0.2) is 0 Å². The Hall–Kier alpha value is -1.24. The first-order valence-electron chi connectivity index (χ1n) is 6.53. The molecular weight excluding hydrogens is 274 g/mol. The van der Waals surface area contributed by atoms with Gasteiger partial charge < -0.3 is 14.8 Å². The van der Waals surface area contributed by atoms with Crippen molar-refractivity contribution in [2.45, 2.75) is 26.0 Å². The molecule has 2 aromatic rings. The minimum atomic E-state index is -0.704. The molecule has 1 unspecified atom stereocenters. The Morgan fingerprint density at radius 2 is 2.30 bits per heavy atom. The molecule has 2 heterocycles. The zero-order chi connectivity index (χ0) is 14.6. The molecule has 0 aromatic carbocycles. The van der Waals surface area contributed by atoms with Crippen molar-refractivity contribution in [3.63, 3.8) is 0 Å². The van der Waals surface area contributed by atoms with Crippen LogP contribution in [0.1, 0.15) is 18.2 Å². The van der Waals surface area contributed by atoms with Gasteiger partial charge in [0, 0.05) is 24.4 Å². The monoisotopic (exact) mass is 295 g/mol. The highest BCUT2D eigenvalue weighted by Gasteiger charge is 2.19. The summed E-state index contributed by atoms with van der Waals surface area (Å²) in [5.74, 6) is 2.36. The molecule has 0 spiro atoms. The highest BCUT2D eigenvalue weighted by atomic mass is 32.2. The quantitative estimate of drug-likeness (QED) is 0.730. The SMILES string of the molecule is CSCC(C)(O)CNCc1cn[nH]c1-c1ccc(C)o1. The molecule has 0 aliphatic carbocycles. The third kappa shape index (κ3) is 3.88. The summed E-state index contributed by atoms with van der Waals surface area (Å²) in [6, 6.07) is 3.85. The molecule has 0 fully saturated rings. The number of thioether (sulfide) groups is 1. The van der Waals surface area contributed by atoms with Crippen LogP contribution in [0, 0.1) is 6.92 Å². The van der Waals surface area contributed by atoms with Crippen molar-refractivity contribution in [2.24, 2.45) is 0 Å². The summed E-state index contributed by atoms with van der Waals surface area (Å²) in [5.41, 5.74) is 1.21. The number of aromatic amines is 1. The van der Waals surface area contributed by atoms with E-state index < -0.39 is 5.60 Å². The van der Waals surface area contributed by atoms with Gasteiger partial charge in [-0.15, -0.1) is 0 Å². The number of aryl methyl sites for hydroxylation is 1. The summed E-state index contributed by atoms with van der Waals surface area (Å²) in [7, 11) is 0. The van der Waals surface area contributed by atoms with Crippen molar-refractivity contribution < 1.29 is 9.52 Å². The Morgan fingerprint density at radius 1 is 1.50 bits per heavy atom. The molecule has 0 bridgehead atoms. The Balaban J connectivity index is 1.96.